The third-order valence-electron chi connectivity index (χ3n) is 5.79. The molecule has 2 aromatic rings. The van der Waals surface area contributed by atoms with E-state index >= 15 is 0 Å². The van der Waals surface area contributed by atoms with Gasteiger partial charge in [0.25, 0.3) is 0 Å². The molecule has 2 heterocycles. The van der Waals surface area contributed by atoms with Crippen molar-refractivity contribution in [2.24, 2.45) is 5.92 Å². The second-order valence-electron chi connectivity index (χ2n) is 9.51. The topological polar surface area (TPSA) is 50.1 Å². The first-order chi connectivity index (χ1) is 13.2. The zero-order valence-corrected chi connectivity index (χ0v) is 18.6. The molecule has 1 aliphatic rings. The van der Waals surface area contributed by atoms with Crippen LogP contribution in [0.4, 0.5) is 5.69 Å². The van der Waals surface area contributed by atoms with Crippen LogP contribution in [0.2, 0.25) is 0 Å². The normalized spacial score (nSPS) is 17.4. The van der Waals surface area contributed by atoms with Crippen LogP contribution in [0, 0.1) is 19.8 Å². The summed E-state index contributed by atoms with van der Waals surface area (Å²) in [5.41, 5.74) is 4.02. The molecule has 0 unspecified atom stereocenters. The Balaban J connectivity index is 1.79. The highest BCUT2D eigenvalue weighted by molar-refractivity contribution is 5.56. The van der Waals surface area contributed by atoms with Crippen molar-refractivity contribution in [2.75, 3.05) is 31.1 Å². The van der Waals surface area contributed by atoms with Gasteiger partial charge in [-0.3, -0.25) is 4.90 Å². The Morgan fingerprint density at radius 2 is 1.71 bits per heavy atom. The Bertz CT molecular complexity index is 781. The van der Waals surface area contributed by atoms with Gasteiger partial charge in [-0.2, -0.15) is 0 Å². The van der Waals surface area contributed by atoms with E-state index in [4.69, 9.17) is 0 Å². The number of nitrogens with zero attached hydrogens (tertiary/aromatic N) is 6. The molecule has 1 aromatic carbocycles. The molecule has 0 bridgehead atoms. The predicted molar refractivity (Wildman–Crippen MR) is 115 cm³/mol. The van der Waals surface area contributed by atoms with Crippen molar-refractivity contribution in [1.82, 2.24) is 25.1 Å². The SMILES string of the molecule is Cc1cccc(N2CCN([C@H](CC(C)C)c3nnnn3C(C)(C)C)CC2)c1C. The van der Waals surface area contributed by atoms with Gasteiger partial charge in [0.05, 0.1) is 11.6 Å². The average molecular weight is 385 g/mol. The highest BCUT2D eigenvalue weighted by Crippen LogP contribution is 2.31. The van der Waals surface area contributed by atoms with Gasteiger partial charge in [0.15, 0.2) is 5.82 Å². The number of piperazine rings is 1. The van der Waals surface area contributed by atoms with E-state index in [1.807, 2.05) is 4.68 Å². The van der Waals surface area contributed by atoms with Crippen LogP contribution in [-0.2, 0) is 5.54 Å². The van der Waals surface area contributed by atoms with Gasteiger partial charge in [-0.15, -0.1) is 5.10 Å². The quantitative estimate of drug-likeness (QED) is 0.781. The average Bonchev–Trinajstić information content (AvgIpc) is 3.12. The summed E-state index contributed by atoms with van der Waals surface area (Å²) in [6.07, 6.45) is 1.07. The Kier molecular flexibility index (Phi) is 6.08. The van der Waals surface area contributed by atoms with Crippen LogP contribution >= 0.6 is 0 Å². The first-order valence-electron chi connectivity index (χ1n) is 10.5. The van der Waals surface area contributed by atoms with Crippen molar-refractivity contribution in [3.8, 4) is 0 Å². The molecule has 0 spiro atoms. The number of aryl methyl sites for hydroxylation is 1. The number of hydrogen-bond donors (Lipinski definition) is 0. The Labute approximate surface area is 169 Å². The van der Waals surface area contributed by atoms with Crippen LogP contribution in [-0.4, -0.2) is 51.3 Å². The minimum Gasteiger partial charge on any atom is -0.369 e. The minimum atomic E-state index is -0.117. The van der Waals surface area contributed by atoms with E-state index in [0.717, 1.165) is 38.4 Å². The third-order valence-corrected chi connectivity index (χ3v) is 5.79. The van der Waals surface area contributed by atoms with Crippen molar-refractivity contribution < 1.29 is 0 Å². The van der Waals surface area contributed by atoms with Crippen molar-refractivity contribution in [2.45, 2.75) is 66.5 Å². The van der Waals surface area contributed by atoms with Gasteiger partial charge in [-0.25, -0.2) is 4.68 Å². The van der Waals surface area contributed by atoms with Gasteiger partial charge in [0, 0.05) is 31.9 Å². The van der Waals surface area contributed by atoms with Crippen LogP contribution in [0.15, 0.2) is 18.2 Å². The maximum atomic E-state index is 4.46. The summed E-state index contributed by atoms with van der Waals surface area (Å²) in [5, 5.41) is 12.8. The fourth-order valence-corrected chi connectivity index (χ4v) is 4.10. The predicted octanol–water partition coefficient (Wildman–Crippen LogP) is 3.95. The summed E-state index contributed by atoms with van der Waals surface area (Å²) < 4.78 is 2.01. The maximum Gasteiger partial charge on any atom is 0.168 e. The van der Waals surface area contributed by atoms with Gasteiger partial charge < -0.3 is 4.90 Å². The molecule has 3 rings (SSSR count). The third kappa shape index (κ3) is 4.37. The highest BCUT2D eigenvalue weighted by atomic mass is 15.6. The second-order valence-corrected chi connectivity index (χ2v) is 9.51. The standard InChI is InChI=1S/C22H36N6/c1-16(2)15-20(21-23-24-25-28(21)22(5,6)7)27-13-11-26(12-14-27)19-10-8-9-17(3)18(19)4/h8-10,16,20H,11-15H2,1-7H3/t20-/m1/s1. The summed E-state index contributed by atoms with van der Waals surface area (Å²) in [5.74, 6) is 1.59. The van der Waals surface area contributed by atoms with Crippen LogP contribution in [0.5, 0.6) is 0 Å². The van der Waals surface area contributed by atoms with E-state index in [-0.39, 0.29) is 11.6 Å². The summed E-state index contributed by atoms with van der Waals surface area (Å²) in [7, 11) is 0. The van der Waals surface area contributed by atoms with Gasteiger partial charge in [-0.05, 0) is 74.6 Å². The Morgan fingerprint density at radius 1 is 1.04 bits per heavy atom. The molecule has 6 heteroatoms. The molecule has 1 atom stereocenters. The molecule has 1 aromatic heterocycles. The number of rotatable bonds is 5. The van der Waals surface area contributed by atoms with E-state index in [2.05, 4.69) is 92.0 Å². The first kappa shape index (κ1) is 20.8. The minimum absolute atomic E-state index is 0.117. The number of tetrazole rings is 1. The maximum absolute atomic E-state index is 4.46. The molecule has 6 nitrogen and oxygen atoms in total. The summed E-state index contributed by atoms with van der Waals surface area (Å²) in [6, 6.07) is 6.88. The van der Waals surface area contributed by atoms with Gasteiger partial charge in [0.2, 0.25) is 0 Å². The first-order valence-corrected chi connectivity index (χ1v) is 10.5. The molecule has 0 saturated carbocycles. The molecule has 1 saturated heterocycles. The molecule has 154 valence electrons. The van der Waals surface area contributed by atoms with Crippen LogP contribution in [0.3, 0.4) is 0 Å². The molecule has 1 aliphatic heterocycles. The van der Waals surface area contributed by atoms with Crippen molar-refractivity contribution in [3.05, 3.63) is 35.2 Å². The van der Waals surface area contributed by atoms with E-state index in [1.54, 1.807) is 0 Å². The van der Waals surface area contributed by atoms with Crippen molar-refractivity contribution in [1.29, 1.82) is 0 Å². The molecule has 0 radical (unpaired) electrons. The smallest absolute Gasteiger partial charge is 0.168 e. The lowest BCUT2D eigenvalue weighted by atomic mass is 9.99. The van der Waals surface area contributed by atoms with Crippen molar-refractivity contribution >= 4 is 5.69 Å². The largest absolute Gasteiger partial charge is 0.369 e. The van der Waals surface area contributed by atoms with E-state index in [9.17, 15) is 0 Å². The van der Waals surface area contributed by atoms with Crippen LogP contribution < -0.4 is 4.90 Å². The monoisotopic (exact) mass is 384 g/mol. The molecule has 0 amide bonds. The van der Waals surface area contributed by atoms with E-state index in [1.165, 1.54) is 16.8 Å². The number of benzene rings is 1. The van der Waals surface area contributed by atoms with Gasteiger partial charge >= 0.3 is 0 Å². The van der Waals surface area contributed by atoms with Crippen molar-refractivity contribution in [3.63, 3.8) is 0 Å². The van der Waals surface area contributed by atoms with Gasteiger partial charge in [0.1, 0.15) is 0 Å². The highest BCUT2D eigenvalue weighted by Gasteiger charge is 2.32. The molecule has 0 aliphatic carbocycles. The zero-order valence-electron chi connectivity index (χ0n) is 18.6. The Morgan fingerprint density at radius 3 is 2.32 bits per heavy atom. The zero-order chi connectivity index (χ0) is 20.5. The van der Waals surface area contributed by atoms with Gasteiger partial charge in [-0.1, -0.05) is 26.0 Å². The molecular weight excluding hydrogens is 348 g/mol. The lowest BCUT2D eigenvalue weighted by molar-refractivity contribution is 0.146. The van der Waals surface area contributed by atoms with Crippen LogP contribution in [0.25, 0.3) is 0 Å². The van der Waals surface area contributed by atoms with Crippen LogP contribution in [0.1, 0.15) is 64.0 Å². The summed E-state index contributed by atoms with van der Waals surface area (Å²) in [4.78, 5) is 5.10. The number of aromatic nitrogens is 4. The molecule has 1 fully saturated rings. The fraction of sp³-hybridized carbons (Fsp3) is 0.682. The van der Waals surface area contributed by atoms with E-state index < -0.39 is 0 Å². The lowest BCUT2D eigenvalue weighted by Crippen LogP contribution is -2.49. The molecular formula is C22H36N6. The Hall–Kier alpha value is -1.95. The molecule has 0 N–H and O–H groups in total. The fourth-order valence-electron chi connectivity index (χ4n) is 4.10. The summed E-state index contributed by atoms with van der Waals surface area (Å²) >= 11 is 0. The second kappa shape index (κ2) is 8.19. The molecule has 28 heavy (non-hydrogen) atoms. The van der Waals surface area contributed by atoms with E-state index in [0.29, 0.717) is 5.92 Å². The number of hydrogen-bond acceptors (Lipinski definition) is 5. The number of anilines is 1. The summed E-state index contributed by atoms with van der Waals surface area (Å²) in [6.45, 7) is 19.6. The lowest BCUT2D eigenvalue weighted by Gasteiger charge is -2.41.